The highest BCUT2D eigenvalue weighted by Crippen LogP contribution is 2.25. The minimum atomic E-state index is 0.194. The van der Waals surface area contributed by atoms with Gasteiger partial charge in [0.1, 0.15) is 0 Å². The molecular formula is C19H30N4OS. The summed E-state index contributed by atoms with van der Waals surface area (Å²) in [5.74, 6) is 0.819. The minimum Gasteiger partial charge on any atom is -0.376 e. The van der Waals surface area contributed by atoms with E-state index in [1.54, 1.807) is 11.8 Å². The lowest BCUT2D eigenvalue weighted by atomic mass is 9.91. The summed E-state index contributed by atoms with van der Waals surface area (Å²) in [7, 11) is 0. The van der Waals surface area contributed by atoms with Gasteiger partial charge >= 0.3 is 0 Å². The van der Waals surface area contributed by atoms with E-state index in [0.29, 0.717) is 6.54 Å². The molecule has 3 rings (SSSR count). The first-order valence-corrected chi connectivity index (χ1v) is 10.6. The molecule has 0 radical (unpaired) electrons. The van der Waals surface area contributed by atoms with Crippen LogP contribution in [0.3, 0.4) is 0 Å². The number of ether oxygens (including phenoxy) is 1. The second-order valence-electron chi connectivity index (χ2n) is 6.85. The molecule has 1 saturated carbocycles. The van der Waals surface area contributed by atoms with Crippen LogP contribution in [0.2, 0.25) is 0 Å². The van der Waals surface area contributed by atoms with Crippen molar-refractivity contribution >= 4 is 23.4 Å². The number of benzene rings is 1. The van der Waals surface area contributed by atoms with E-state index >= 15 is 0 Å². The highest BCUT2D eigenvalue weighted by atomic mass is 32.2. The third kappa shape index (κ3) is 5.36. The molecule has 1 aliphatic carbocycles. The molecule has 5 nitrogen and oxygen atoms in total. The number of guanidine groups is 1. The topological polar surface area (TPSA) is 71.7 Å². The molecule has 4 N–H and O–H groups in total. The van der Waals surface area contributed by atoms with Gasteiger partial charge in [-0.2, -0.15) is 0 Å². The lowest BCUT2D eigenvalue weighted by molar-refractivity contribution is 0.117. The molecule has 2 aliphatic rings. The van der Waals surface area contributed by atoms with Crippen LogP contribution >= 0.6 is 11.8 Å². The van der Waals surface area contributed by atoms with Crippen molar-refractivity contribution in [3.8, 4) is 0 Å². The summed E-state index contributed by atoms with van der Waals surface area (Å²) >= 11 is 1.73. The molecule has 1 aliphatic heterocycles. The Balaban J connectivity index is 1.71. The molecule has 1 heterocycles. The molecule has 2 fully saturated rings. The molecule has 0 amide bonds. The van der Waals surface area contributed by atoms with Gasteiger partial charge in [-0.05, 0) is 44.1 Å². The van der Waals surface area contributed by atoms with Gasteiger partial charge in [-0.15, -0.1) is 11.8 Å². The number of hydrogen-bond donors (Lipinski definition) is 3. The fraction of sp³-hybridized carbons (Fsp3) is 0.632. The quantitative estimate of drug-likeness (QED) is 0.426. The van der Waals surface area contributed by atoms with Gasteiger partial charge in [0.05, 0.1) is 18.3 Å². The average Bonchev–Trinajstić information content (AvgIpc) is 3.15. The van der Waals surface area contributed by atoms with E-state index in [0.717, 1.165) is 43.9 Å². The number of rotatable bonds is 5. The lowest BCUT2D eigenvalue weighted by Gasteiger charge is -2.31. The first-order chi connectivity index (χ1) is 12.3. The first kappa shape index (κ1) is 18.5. The Kier molecular flexibility index (Phi) is 7.02. The standard InChI is InChI=1S/C19H30N4OS/c1-25-18-11-5-4-10-17(18)23-19(21-13-14-7-6-12-24-14)22-16-9-3-2-8-15(16)20/h4-5,10-11,14-16H,2-3,6-9,12-13,20H2,1H3,(H2,21,22,23)/t14?,15-,16-/m0/s1. The maximum Gasteiger partial charge on any atom is 0.196 e. The monoisotopic (exact) mass is 362 g/mol. The molecule has 6 heteroatoms. The van der Waals surface area contributed by atoms with Crippen molar-refractivity contribution < 1.29 is 4.74 Å². The summed E-state index contributed by atoms with van der Waals surface area (Å²) in [6.07, 6.45) is 9.21. The minimum absolute atomic E-state index is 0.194. The van der Waals surface area contributed by atoms with Crippen LogP contribution in [0.5, 0.6) is 0 Å². The van der Waals surface area contributed by atoms with Gasteiger partial charge in [-0.25, -0.2) is 0 Å². The van der Waals surface area contributed by atoms with E-state index in [4.69, 9.17) is 15.5 Å². The Morgan fingerprint density at radius 1 is 1.24 bits per heavy atom. The fourth-order valence-corrected chi connectivity index (χ4v) is 4.05. The SMILES string of the molecule is CSc1ccccc1NC(=NCC1CCCO1)N[C@H]1CCCC[C@@H]1N. The van der Waals surface area contributed by atoms with Crippen molar-refractivity contribution in [3.05, 3.63) is 24.3 Å². The van der Waals surface area contributed by atoms with E-state index in [1.165, 1.54) is 17.7 Å². The Hall–Kier alpha value is -1.24. The maximum atomic E-state index is 6.32. The summed E-state index contributed by atoms with van der Waals surface area (Å²) in [4.78, 5) is 6.02. The van der Waals surface area contributed by atoms with Crippen LogP contribution in [-0.2, 0) is 4.74 Å². The van der Waals surface area contributed by atoms with Gasteiger partial charge in [0.15, 0.2) is 5.96 Å². The Bertz CT molecular complexity index is 574. The van der Waals surface area contributed by atoms with E-state index in [9.17, 15) is 0 Å². The summed E-state index contributed by atoms with van der Waals surface area (Å²) in [5.41, 5.74) is 7.40. The third-order valence-corrected chi connectivity index (χ3v) is 5.77. The lowest BCUT2D eigenvalue weighted by Crippen LogP contribution is -2.51. The predicted molar refractivity (Wildman–Crippen MR) is 106 cm³/mol. The largest absolute Gasteiger partial charge is 0.376 e. The Morgan fingerprint density at radius 2 is 2.08 bits per heavy atom. The van der Waals surface area contributed by atoms with Crippen molar-refractivity contribution in [1.29, 1.82) is 0 Å². The molecule has 1 unspecified atom stereocenters. The number of anilines is 1. The number of hydrogen-bond acceptors (Lipinski definition) is 4. The fourth-order valence-electron chi connectivity index (χ4n) is 3.49. The van der Waals surface area contributed by atoms with Crippen molar-refractivity contribution in [2.45, 2.75) is 61.6 Å². The molecule has 25 heavy (non-hydrogen) atoms. The van der Waals surface area contributed by atoms with E-state index < -0.39 is 0 Å². The van der Waals surface area contributed by atoms with Crippen LogP contribution in [0, 0.1) is 0 Å². The Morgan fingerprint density at radius 3 is 2.84 bits per heavy atom. The zero-order valence-electron chi connectivity index (χ0n) is 15.0. The smallest absolute Gasteiger partial charge is 0.196 e. The maximum absolute atomic E-state index is 6.32. The van der Waals surface area contributed by atoms with E-state index in [1.807, 2.05) is 6.07 Å². The zero-order chi connectivity index (χ0) is 17.5. The van der Waals surface area contributed by atoms with E-state index in [2.05, 4.69) is 35.1 Å². The molecule has 1 saturated heterocycles. The number of aliphatic imine (C=N–C) groups is 1. The normalized spacial score (nSPS) is 27.3. The van der Waals surface area contributed by atoms with Gasteiger partial charge in [0, 0.05) is 23.6 Å². The van der Waals surface area contributed by atoms with Crippen LogP contribution in [0.1, 0.15) is 38.5 Å². The number of para-hydroxylation sites is 1. The highest BCUT2D eigenvalue weighted by molar-refractivity contribution is 7.98. The molecule has 3 atom stereocenters. The highest BCUT2D eigenvalue weighted by Gasteiger charge is 2.23. The van der Waals surface area contributed by atoms with Crippen molar-refractivity contribution in [2.75, 3.05) is 24.7 Å². The van der Waals surface area contributed by atoms with Gasteiger partial charge in [-0.3, -0.25) is 4.99 Å². The van der Waals surface area contributed by atoms with Crippen LogP contribution in [0.15, 0.2) is 34.2 Å². The molecule has 1 aromatic rings. The number of nitrogens with zero attached hydrogens (tertiary/aromatic N) is 1. The number of nitrogens with one attached hydrogen (secondary N) is 2. The first-order valence-electron chi connectivity index (χ1n) is 9.34. The predicted octanol–water partition coefficient (Wildman–Crippen LogP) is 3.21. The summed E-state index contributed by atoms with van der Waals surface area (Å²) < 4.78 is 5.72. The van der Waals surface area contributed by atoms with Crippen molar-refractivity contribution in [3.63, 3.8) is 0 Å². The molecular weight excluding hydrogens is 332 g/mol. The third-order valence-electron chi connectivity index (χ3n) is 4.98. The number of nitrogens with two attached hydrogens (primary N) is 1. The van der Waals surface area contributed by atoms with Gasteiger partial charge in [-0.1, -0.05) is 25.0 Å². The zero-order valence-corrected chi connectivity index (χ0v) is 15.9. The van der Waals surface area contributed by atoms with Gasteiger partial charge < -0.3 is 21.1 Å². The second-order valence-corrected chi connectivity index (χ2v) is 7.70. The summed E-state index contributed by atoms with van der Waals surface area (Å²) in [6.45, 7) is 1.55. The molecule has 0 aromatic heterocycles. The summed E-state index contributed by atoms with van der Waals surface area (Å²) in [6, 6.07) is 8.80. The molecule has 1 aromatic carbocycles. The summed E-state index contributed by atoms with van der Waals surface area (Å²) in [5, 5.41) is 7.08. The van der Waals surface area contributed by atoms with Crippen LogP contribution < -0.4 is 16.4 Å². The molecule has 0 bridgehead atoms. The van der Waals surface area contributed by atoms with Crippen molar-refractivity contribution in [2.24, 2.45) is 10.7 Å². The molecule has 0 spiro atoms. The van der Waals surface area contributed by atoms with Gasteiger partial charge in [0.25, 0.3) is 0 Å². The van der Waals surface area contributed by atoms with Crippen LogP contribution in [0.25, 0.3) is 0 Å². The number of thioether (sulfide) groups is 1. The van der Waals surface area contributed by atoms with Crippen LogP contribution in [0.4, 0.5) is 5.69 Å². The van der Waals surface area contributed by atoms with Gasteiger partial charge in [0.2, 0.25) is 0 Å². The average molecular weight is 363 g/mol. The van der Waals surface area contributed by atoms with Crippen molar-refractivity contribution in [1.82, 2.24) is 5.32 Å². The Labute approximate surface area is 155 Å². The van der Waals surface area contributed by atoms with E-state index in [-0.39, 0.29) is 18.2 Å². The molecule has 138 valence electrons. The second kappa shape index (κ2) is 9.46. The van der Waals surface area contributed by atoms with Crippen LogP contribution in [-0.4, -0.2) is 43.6 Å².